The maximum atomic E-state index is 14.3. The van der Waals surface area contributed by atoms with Crippen LogP contribution in [0.4, 0.5) is 5.69 Å². The van der Waals surface area contributed by atoms with Crippen LogP contribution in [0.25, 0.3) is 0 Å². The smallest absolute Gasteiger partial charge is 0.264 e. The quantitative estimate of drug-likeness (QED) is 0.285. The normalized spacial score (nSPS) is 14.3. The molecule has 1 saturated carbocycles. The van der Waals surface area contributed by atoms with Gasteiger partial charge in [0.05, 0.1) is 17.2 Å². The molecule has 1 aliphatic rings. The second-order valence-electron chi connectivity index (χ2n) is 10.6. The zero-order chi connectivity index (χ0) is 30.1. The summed E-state index contributed by atoms with van der Waals surface area (Å²) in [4.78, 5) is 29.5. The minimum absolute atomic E-state index is 0.0561. The molecule has 4 rings (SSSR count). The third kappa shape index (κ3) is 7.31. The predicted octanol–water partition coefficient (Wildman–Crippen LogP) is 5.46. The van der Waals surface area contributed by atoms with E-state index < -0.39 is 28.5 Å². The van der Waals surface area contributed by atoms with Crippen molar-refractivity contribution in [2.75, 3.05) is 17.5 Å². The molecule has 3 aromatic carbocycles. The van der Waals surface area contributed by atoms with Gasteiger partial charge in [-0.05, 0) is 68.5 Å². The van der Waals surface area contributed by atoms with Gasteiger partial charge in [0.15, 0.2) is 0 Å². The lowest BCUT2D eigenvalue weighted by atomic mass is 10.1. The van der Waals surface area contributed by atoms with Crippen LogP contribution in [0.2, 0.25) is 0 Å². The summed E-state index contributed by atoms with van der Waals surface area (Å²) in [6.45, 7) is 5.65. The number of nitrogens with one attached hydrogen (secondary N) is 1. The number of hydrogen-bond donors (Lipinski definition) is 1. The Bertz CT molecular complexity index is 1460. The molecular weight excluding hydrogens is 550 g/mol. The average Bonchev–Trinajstić information content (AvgIpc) is 3.50. The van der Waals surface area contributed by atoms with Crippen molar-refractivity contribution in [1.82, 2.24) is 10.2 Å². The molecule has 0 heterocycles. The fourth-order valence-electron chi connectivity index (χ4n) is 5.43. The van der Waals surface area contributed by atoms with Crippen LogP contribution >= 0.6 is 0 Å². The van der Waals surface area contributed by atoms with E-state index in [4.69, 9.17) is 4.74 Å². The minimum Gasteiger partial charge on any atom is -0.492 e. The third-order valence-electron chi connectivity index (χ3n) is 7.73. The number of amides is 2. The van der Waals surface area contributed by atoms with Crippen molar-refractivity contribution in [2.45, 2.75) is 76.4 Å². The Balaban J connectivity index is 1.75. The van der Waals surface area contributed by atoms with Crippen LogP contribution in [0.5, 0.6) is 5.75 Å². The van der Waals surface area contributed by atoms with Crippen LogP contribution in [0.1, 0.15) is 57.1 Å². The monoisotopic (exact) mass is 591 g/mol. The van der Waals surface area contributed by atoms with Gasteiger partial charge in [-0.1, -0.05) is 74.4 Å². The number of para-hydroxylation sites is 2. The Kier molecular flexibility index (Phi) is 10.6. The third-order valence-corrected chi connectivity index (χ3v) is 9.51. The molecule has 1 N–H and O–H groups in total. The second-order valence-corrected chi connectivity index (χ2v) is 12.4. The highest BCUT2D eigenvalue weighted by Gasteiger charge is 2.35. The first kappa shape index (κ1) is 31.1. The Labute approximate surface area is 249 Å². The number of carbonyl (C=O) groups excluding carboxylic acids is 2. The highest BCUT2D eigenvalue weighted by Crippen LogP contribution is 2.33. The zero-order valence-electron chi connectivity index (χ0n) is 24.7. The van der Waals surface area contributed by atoms with Crippen molar-refractivity contribution in [3.8, 4) is 5.75 Å². The summed E-state index contributed by atoms with van der Waals surface area (Å²) in [5.74, 6) is -0.334. The molecule has 8 nitrogen and oxygen atoms in total. The molecule has 42 heavy (non-hydrogen) atoms. The molecule has 0 bridgehead atoms. The number of aryl methyl sites for hydroxylation is 1. The Morgan fingerprint density at radius 3 is 2.24 bits per heavy atom. The van der Waals surface area contributed by atoms with Crippen LogP contribution < -0.4 is 14.4 Å². The average molecular weight is 592 g/mol. The molecule has 0 saturated heterocycles. The van der Waals surface area contributed by atoms with E-state index >= 15 is 0 Å². The number of carbonyl (C=O) groups is 2. The molecule has 224 valence electrons. The highest BCUT2D eigenvalue weighted by atomic mass is 32.2. The summed E-state index contributed by atoms with van der Waals surface area (Å²) in [5.41, 5.74) is 2.14. The van der Waals surface area contributed by atoms with Gasteiger partial charge in [0.2, 0.25) is 11.8 Å². The van der Waals surface area contributed by atoms with E-state index in [2.05, 4.69) is 5.32 Å². The van der Waals surface area contributed by atoms with E-state index in [1.54, 1.807) is 42.5 Å². The first-order valence-corrected chi connectivity index (χ1v) is 16.1. The predicted molar refractivity (Wildman–Crippen MR) is 165 cm³/mol. The number of rotatable bonds is 13. The van der Waals surface area contributed by atoms with Crippen molar-refractivity contribution in [1.29, 1.82) is 0 Å². The Morgan fingerprint density at radius 1 is 0.929 bits per heavy atom. The van der Waals surface area contributed by atoms with E-state index in [1.165, 1.54) is 17.0 Å². The zero-order valence-corrected chi connectivity index (χ0v) is 25.5. The summed E-state index contributed by atoms with van der Waals surface area (Å²) < 4.78 is 35.1. The van der Waals surface area contributed by atoms with Crippen molar-refractivity contribution in [3.63, 3.8) is 0 Å². The first-order chi connectivity index (χ1) is 20.3. The van der Waals surface area contributed by atoms with Crippen LogP contribution in [-0.4, -0.2) is 50.4 Å². The molecule has 0 radical (unpaired) electrons. The van der Waals surface area contributed by atoms with E-state index in [-0.39, 0.29) is 29.1 Å². The summed E-state index contributed by atoms with van der Waals surface area (Å²) in [6, 6.07) is 21.9. The molecule has 0 aliphatic heterocycles. The molecule has 1 aliphatic carbocycles. The lowest BCUT2D eigenvalue weighted by molar-refractivity contribution is -0.140. The molecule has 0 spiro atoms. The van der Waals surface area contributed by atoms with Gasteiger partial charge in [0, 0.05) is 12.6 Å². The molecule has 3 aromatic rings. The summed E-state index contributed by atoms with van der Waals surface area (Å²) in [6.07, 6.45) is 4.37. The van der Waals surface area contributed by atoms with Gasteiger partial charge in [-0.15, -0.1) is 0 Å². The van der Waals surface area contributed by atoms with E-state index in [0.29, 0.717) is 18.8 Å². The number of hydrogen-bond acceptors (Lipinski definition) is 5. The standard InChI is InChI=1S/C33H41N3O5S/c1-4-29(33(38)34-27-17-11-12-18-27)35(23-26-16-10-9-15-25(26)3)32(37)24-36(30-21-13-14-22-31(30)41-5-2)42(39,40)28-19-7-6-8-20-28/h6-10,13-16,19-22,27,29H,4-5,11-12,17-18,23-24H2,1-3H3,(H,34,38)/t29-/m0/s1. The van der Waals surface area contributed by atoms with Crippen molar-refractivity contribution in [2.24, 2.45) is 0 Å². The topological polar surface area (TPSA) is 96.0 Å². The van der Waals surface area contributed by atoms with Gasteiger partial charge in [0.1, 0.15) is 18.3 Å². The molecule has 1 fully saturated rings. The number of ether oxygens (including phenoxy) is 1. The summed E-state index contributed by atoms with van der Waals surface area (Å²) in [5, 5.41) is 3.15. The van der Waals surface area contributed by atoms with Crippen LogP contribution in [0.15, 0.2) is 83.8 Å². The largest absolute Gasteiger partial charge is 0.492 e. The van der Waals surface area contributed by atoms with Gasteiger partial charge in [-0.25, -0.2) is 8.42 Å². The van der Waals surface area contributed by atoms with Crippen molar-refractivity contribution >= 4 is 27.5 Å². The Morgan fingerprint density at radius 2 is 1.57 bits per heavy atom. The van der Waals surface area contributed by atoms with Gasteiger partial charge in [0.25, 0.3) is 10.0 Å². The second kappa shape index (κ2) is 14.4. The van der Waals surface area contributed by atoms with Crippen LogP contribution in [-0.2, 0) is 26.2 Å². The Hall–Kier alpha value is -3.85. The fraction of sp³-hybridized carbons (Fsp3) is 0.394. The molecule has 0 aromatic heterocycles. The number of nitrogens with zero attached hydrogens (tertiary/aromatic N) is 2. The lowest BCUT2D eigenvalue weighted by Gasteiger charge is -2.34. The van der Waals surface area contributed by atoms with Gasteiger partial charge >= 0.3 is 0 Å². The van der Waals surface area contributed by atoms with E-state index in [9.17, 15) is 18.0 Å². The summed E-state index contributed by atoms with van der Waals surface area (Å²) >= 11 is 0. The number of benzene rings is 3. The summed E-state index contributed by atoms with van der Waals surface area (Å²) in [7, 11) is -4.17. The number of sulfonamides is 1. The molecule has 9 heteroatoms. The molecule has 1 atom stereocenters. The van der Waals surface area contributed by atoms with Gasteiger partial charge in [-0.2, -0.15) is 0 Å². The number of anilines is 1. The first-order valence-electron chi connectivity index (χ1n) is 14.7. The van der Waals surface area contributed by atoms with Crippen LogP contribution in [0, 0.1) is 6.92 Å². The van der Waals surface area contributed by atoms with Crippen molar-refractivity contribution < 1.29 is 22.7 Å². The lowest BCUT2D eigenvalue weighted by Crippen LogP contribution is -2.53. The van der Waals surface area contributed by atoms with Crippen LogP contribution in [0.3, 0.4) is 0 Å². The highest BCUT2D eigenvalue weighted by molar-refractivity contribution is 7.92. The van der Waals surface area contributed by atoms with E-state index in [0.717, 1.165) is 41.1 Å². The molecular formula is C33H41N3O5S. The van der Waals surface area contributed by atoms with Crippen molar-refractivity contribution in [3.05, 3.63) is 90.0 Å². The maximum absolute atomic E-state index is 14.3. The minimum atomic E-state index is -4.17. The molecule has 2 amide bonds. The SMILES string of the molecule is CCOc1ccccc1N(CC(=O)N(Cc1ccccc1C)[C@@H](CC)C(=O)NC1CCCC1)S(=O)(=O)c1ccccc1. The molecule has 0 unspecified atom stereocenters. The van der Waals surface area contributed by atoms with Gasteiger partial charge < -0.3 is 15.0 Å². The van der Waals surface area contributed by atoms with E-state index in [1.807, 2.05) is 45.0 Å². The maximum Gasteiger partial charge on any atom is 0.264 e. The van der Waals surface area contributed by atoms with Gasteiger partial charge in [-0.3, -0.25) is 13.9 Å². The fourth-order valence-corrected chi connectivity index (χ4v) is 6.88.